The zero-order valence-corrected chi connectivity index (χ0v) is 10.7. The zero-order chi connectivity index (χ0) is 10.6. The summed E-state index contributed by atoms with van der Waals surface area (Å²) in [6, 6.07) is 7.41. The van der Waals surface area contributed by atoms with Crippen molar-refractivity contribution in [3.63, 3.8) is 0 Å². The van der Waals surface area contributed by atoms with E-state index in [1.54, 1.807) is 12.1 Å². The zero-order valence-electron chi connectivity index (χ0n) is 7.76. The third-order valence-corrected chi connectivity index (χ3v) is 2.52. The highest BCUT2D eigenvalue weighted by Gasteiger charge is 2.05. The van der Waals surface area contributed by atoms with Gasteiger partial charge < -0.3 is 5.32 Å². The SMILES string of the molecule is CC(Cl)CNC(=O)c1ccc(I)cc1. The Kier molecular flexibility index (Phi) is 4.68. The van der Waals surface area contributed by atoms with Crippen LogP contribution in [0.4, 0.5) is 0 Å². The Hall–Kier alpha value is -0.290. The third-order valence-electron chi connectivity index (χ3n) is 1.65. The molecule has 76 valence electrons. The maximum atomic E-state index is 11.5. The molecule has 0 aliphatic carbocycles. The first-order valence-electron chi connectivity index (χ1n) is 4.27. The monoisotopic (exact) mass is 323 g/mol. The summed E-state index contributed by atoms with van der Waals surface area (Å²) >= 11 is 7.92. The van der Waals surface area contributed by atoms with Gasteiger partial charge in [0.25, 0.3) is 5.91 Å². The van der Waals surface area contributed by atoms with Gasteiger partial charge in [-0.05, 0) is 53.8 Å². The molecule has 2 nitrogen and oxygen atoms in total. The second-order valence-electron chi connectivity index (χ2n) is 3.00. The van der Waals surface area contributed by atoms with Gasteiger partial charge in [-0.2, -0.15) is 0 Å². The Labute approximate surface area is 102 Å². The molecule has 0 aliphatic heterocycles. The molecular formula is C10H11ClINO. The van der Waals surface area contributed by atoms with Gasteiger partial charge in [0.2, 0.25) is 0 Å². The summed E-state index contributed by atoms with van der Waals surface area (Å²) in [4.78, 5) is 11.5. The van der Waals surface area contributed by atoms with Crippen molar-refractivity contribution in [3.05, 3.63) is 33.4 Å². The van der Waals surface area contributed by atoms with Gasteiger partial charge in [0.15, 0.2) is 0 Å². The van der Waals surface area contributed by atoms with E-state index in [2.05, 4.69) is 27.9 Å². The minimum Gasteiger partial charge on any atom is -0.351 e. The molecule has 1 atom stereocenters. The maximum absolute atomic E-state index is 11.5. The summed E-state index contributed by atoms with van der Waals surface area (Å²) in [7, 11) is 0. The fourth-order valence-electron chi connectivity index (χ4n) is 0.937. The van der Waals surface area contributed by atoms with Crippen LogP contribution >= 0.6 is 34.2 Å². The van der Waals surface area contributed by atoms with Gasteiger partial charge in [-0.15, -0.1) is 11.6 Å². The normalized spacial score (nSPS) is 12.2. The number of nitrogens with one attached hydrogen (secondary N) is 1. The predicted molar refractivity (Wildman–Crippen MR) is 66.8 cm³/mol. The quantitative estimate of drug-likeness (QED) is 0.672. The Morgan fingerprint density at radius 1 is 1.50 bits per heavy atom. The number of hydrogen-bond acceptors (Lipinski definition) is 1. The lowest BCUT2D eigenvalue weighted by Gasteiger charge is -2.06. The van der Waals surface area contributed by atoms with Crippen LogP contribution in [0, 0.1) is 3.57 Å². The summed E-state index contributed by atoms with van der Waals surface area (Å²) in [5, 5.41) is 2.71. The highest BCUT2D eigenvalue weighted by Crippen LogP contribution is 2.06. The number of hydrogen-bond donors (Lipinski definition) is 1. The van der Waals surface area contributed by atoms with Crippen LogP contribution in [0.15, 0.2) is 24.3 Å². The van der Waals surface area contributed by atoms with E-state index in [9.17, 15) is 4.79 Å². The van der Waals surface area contributed by atoms with Crippen LogP contribution in [-0.2, 0) is 0 Å². The first-order chi connectivity index (χ1) is 6.59. The van der Waals surface area contributed by atoms with Gasteiger partial charge in [0.1, 0.15) is 0 Å². The van der Waals surface area contributed by atoms with E-state index in [0.717, 1.165) is 3.57 Å². The van der Waals surface area contributed by atoms with Crippen molar-refractivity contribution in [2.45, 2.75) is 12.3 Å². The van der Waals surface area contributed by atoms with Gasteiger partial charge in [-0.1, -0.05) is 0 Å². The minimum absolute atomic E-state index is 0.0391. The second-order valence-corrected chi connectivity index (χ2v) is 4.99. The summed E-state index contributed by atoms with van der Waals surface area (Å²) in [6.45, 7) is 2.34. The third kappa shape index (κ3) is 3.84. The van der Waals surface area contributed by atoms with Crippen LogP contribution in [0.3, 0.4) is 0 Å². The van der Waals surface area contributed by atoms with Crippen LogP contribution < -0.4 is 5.32 Å². The Morgan fingerprint density at radius 2 is 2.07 bits per heavy atom. The number of alkyl halides is 1. The molecule has 1 rings (SSSR count). The van der Waals surface area contributed by atoms with Crippen LogP contribution in [-0.4, -0.2) is 17.8 Å². The lowest BCUT2D eigenvalue weighted by Crippen LogP contribution is -2.28. The van der Waals surface area contributed by atoms with Crippen molar-refractivity contribution in [1.29, 1.82) is 0 Å². The molecule has 1 aromatic carbocycles. The summed E-state index contributed by atoms with van der Waals surface area (Å²) in [6.07, 6.45) is 0. The molecule has 0 saturated carbocycles. The highest BCUT2D eigenvalue weighted by molar-refractivity contribution is 14.1. The van der Waals surface area contributed by atoms with Gasteiger partial charge in [-0.3, -0.25) is 4.79 Å². The molecule has 1 aromatic rings. The van der Waals surface area contributed by atoms with Crippen molar-refractivity contribution < 1.29 is 4.79 Å². The number of benzene rings is 1. The molecule has 0 spiro atoms. The van der Waals surface area contributed by atoms with Crippen LogP contribution in [0.1, 0.15) is 17.3 Å². The molecular weight excluding hydrogens is 312 g/mol. The van der Waals surface area contributed by atoms with E-state index in [0.29, 0.717) is 12.1 Å². The molecule has 1 N–H and O–H groups in total. The molecule has 0 aromatic heterocycles. The lowest BCUT2D eigenvalue weighted by atomic mass is 10.2. The summed E-state index contributed by atoms with van der Waals surface area (Å²) < 4.78 is 1.12. The number of carbonyl (C=O) groups excluding carboxylic acids is 1. The smallest absolute Gasteiger partial charge is 0.251 e. The molecule has 0 aliphatic rings. The number of halogens is 2. The van der Waals surface area contributed by atoms with Crippen LogP contribution in [0.5, 0.6) is 0 Å². The van der Waals surface area contributed by atoms with Crippen molar-refractivity contribution >= 4 is 40.1 Å². The van der Waals surface area contributed by atoms with Crippen molar-refractivity contribution in [2.75, 3.05) is 6.54 Å². The fraction of sp³-hybridized carbons (Fsp3) is 0.300. The number of rotatable bonds is 3. The van der Waals surface area contributed by atoms with Gasteiger partial charge in [0.05, 0.1) is 0 Å². The van der Waals surface area contributed by atoms with Gasteiger partial charge in [0, 0.05) is 21.1 Å². The predicted octanol–water partition coefficient (Wildman–Crippen LogP) is 2.65. The molecule has 0 saturated heterocycles. The van der Waals surface area contributed by atoms with E-state index < -0.39 is 0 Å². The van der Waals surface area contributed by atoms with E-state index in [-0.39, 0.29) is 11.3 Å². The van der Waals surface area contributed by atoms with Gasteiger partial charge in [-0.25, -0.2) is 0 Å². The lowest BCUT2D eigenvalue weighted by molar-refractivity contribution is 0.0954. The minimum atomic E-state index is -0.0751. The molecule has 0 heterocycles. The van der Waals surface area contributed by atoms with E-state index >= 15 is 0 Å². The molecule has 14 heavy (non-hydrogen) atoms. The Balaban J connectivity index is 2.57. The first-order valence-corrected chi connectivity index (χ1v) is 5.79. The molecule has 1 unspecified atom stereocenters. The van der Waals surface area contributed by atoms with E-state index in [1.807, 2.05) is 19.1 Å². The molecule has 0 fully saturated rings. The molecule has 0 radical (unpaired) electrons. The van der Waals surface area contributed by atoms with E-state index in [1.165, 1.54) is 0 Å². The Morgan fingerprint density at radius 3 is 2.57 bits per heavy atom. The van der Waals surface area contributed by atoms with Crippen LogP contribution in [0.25, 0.3) is 0 Å². The summed E-state index contributed by atoms with van der Waals surface area (Å²) in [5.41, 5.74) is 0.669. The highest BCUT2D eigenvalue weighted by atomic mass is 127. The largest absolute Gasteiger partial charge is 0.351 e. The number of carbonyl (C=O) groups is 1. The molecule has 4 heteroatoms. The van der Waals surface area contributed by atoms with Crippen molar-refractivity contribution in [2.24, 2.45) is 0 Å². The molecule has 1 amide bonds. The fourth-order valence-corrected chi connectivity index (χ4v) is 1.37. The maximum Gasteiger partial charge on any atom is 0.251 e. The second kappa shape index (κ2) is 5.56. The average molecular weight is 324 g/mol. The Bertz CT molecular complexity index is 310. The van der Waals surface area contributed by atoms with Crippen molar-refractivity contribution in [1.82, 2.24) is 5.32 Å². The summed E-state index contributed by atoms with van der Waals surface area (Å²) in [5.74, 6) is -0.0751. The molecule has 0 bridgehead atoms. The van der Waals surface area contributed by atoms with E-state index in [4.69, 9.17) is 11.6 Å². The van der Waals surface area contributed by atoms with Gasteiger partial charge >= 0.3 is 0 Å². The first kappa shape index (κ1) is 11.8. The van der Waals surface area contributed by atoms with Crippen molar-refractivity contribution in [3.8, 4) is 0 Å². The number of amides is 1. The van der Waals surface area contributed by atoms with Crippen LogP contribution in [0.2, 0.25) is 0 Å². The topological polar surface area (TPSA) is 29.1 Å². The average Bonchev–Trinajstić information content (AvgIpc) is 2.15. The standard InChI is InChI=1S/C10H11ClINO/c1-7(11)6-13-10(14)8-2-4-9(12)5-3-8/h2-5,7H,6H2,1H3,(H,13,14).